The van der Waals surface area contributed by atoms with Crippen LogP contribution in [0.2, 0.25) is 5.02 Å². The third kappa shape index (κ3) is 3.86. The molecule has 2 aromatic heterocycles. The fourth-order valence-corrected chi connectivity index (χ4v) is 3.56. The summed E-state index contributed by atoms with van der Waals surface area (Å²) in [5.41, 5.74) is 2.49. The maximum absolute atomic E-state index is 12.9. The normalized spacial score (nSPS) is 11.4. The van der Waals surface area contributed by atoms with Gasteiger partial charge in [-0.05, 0) is 33.2 Å². The van der Waals surface area contributed by atoms with E-state index >= 15 is 0 Å². The van der Waals surface area contributed by atoms with Gasteiger partial charge in [0.25, 0.3) is 5.91 Å². The fourth-order valence-electron chi connectivity index (χ4n) is 2.58. The quantitative estimate of drug-likeness (QED) is 0.658. The van der Waals surface area contributed by atoms with Crippen molar-refractivity contribution in [1.82, 2.24) is 19.2 Å². The first kappa shape index (κ1) is 17.9. The highest BCUT2D eigenvalue weighted by Gasteiger charge is 2.20. The summed E-state index contributed by atoms with van der Waals surface area (Å²) in [7, 11) is 4.02. The summed E-state index contributed by atoms with van der Waals surface area (Å²) in [6.07, 6.45) is 1.92. The van der Waals surface area contributed by atoms with Gasteiger partial charge in [0.1, 0.15) is 5.69 Å². The van der Waals surface area contributed by atoms with Crippen molar-refractivity contribution in [3.63, 3.8) is 0 Å². The van der Waals surface area contributed by atoms with Crippen LogP contribution in [0.4, 0.5) is 0 Å². The number of aromatic nitrogens is 2. The van der Waals surface area contributed by atoms with Crippen molar-refractivity contribution in [2.75, 3.05) is 33.7 Å². The molecule has 0 fully saturated rings. The number of rotatable bonds is 6. The number of thiazole rings is 1. The van der Waals surface area contributed by atoms with Crippen LogP contribution in [0.1, 0.15) is 17.4 Å². The van der Waals surface area contributed by atoms with E-state index in [0.29, 0.717) is 23.8 Å². The molecule has 7 heteroatoms. The van der Waals surface area contributed by atoms with Crippen LogP contribution in [-0.4, -0.2) is 58.8 Å². The van der Waals surface area contributed by atoms with Crippen LogP contribution < -0.4 is 0 Å². The van der Waals surface area contributed by atoms with Crippen LogP contribution in [0.25, 0.3) is 16.2 Å². The number of amides is 1. The number of carbonyl (C=O) groups excluding carboxylic acids is 1. The van der Waals surface area contributed by atoms with Gasteiger partial charge in [-0.2, -0.15) is 0 Å². The maximum Gasteiger partial charge on any atom is 0.271 e. The van der Waals surface area contributed by atoms with Crippen molar-refractivity contribution in [3.8, 4) is 11.3 Å². The van der Waals surface area contributed by atoms with Crippen LogP contribution in [0.5, 0.6) is 0 Å². The van der Waals surface area contributed by atoms with Crippen molar-refractivity contribution in [2.45, 2.75) is 6.92 Å². The van der Waals surface area contributed by atoms with Crippen LogP contribution in [0, 0.1) is 0 Å². The largest absolute Gasteiger partial charge is 0.336 e. The Bertz CT molecular complexity index is 869. The van der Waals surface area contributed by atoms with Crippen molar-refractivity contribution in [1.29, 1.82) is 0 Å². The van der Waals surface area contributed by atoms with Gasteiger partial charge >= 0.3 is 0 Å². The Morgan fingerprint density at radius 1 is 1.24 bits per heavy atom. The summed E-state index contributed by atoms with van der Waals surface area (Å²) >= 11 is 7.43. The molecule has 0 bridgehead atoms. The van der Waals surface area contributed by atoms with Gasteiger partial charge in [-0.15, -0.1) is 11.3 Å². The molecule has 0 aliphatic carbocycles. The molecule has 3 rings (SSSR count). The highest BCUT2D eigenvalue weighted by atomic mass is 35.5. The molecular formula is C18H21ClN4OS. The lowest BCUT2D eigenvalue weighted by molar-refractivity contribution is 0.0747. The molecule has 0 spiro atoms. The Hall–Kier alpha value is -1.89. The molecule has 1 amide bonds. The number of likely N-dealkylation sites (N-methyl/N-ethyl adjacent to an activating group) is 2. The summed E-state index contributed by atoms with van der Waals surface area (Å²) in [6, 6.07) is 7.56. The highest BCUT2D eigenvalue weighted by molar-refractivity contribution is 7.15. The number of imidazole rings is 1. The number of fused-ring (bicyclic) bond motifs is 1. The van der Waals surface area contributed by atoms with Gasteiger partial charge in [0.05, 0.1) is 5.69 Å². The average Bonchev–Trinajstić information content (AvgIpc) is 3.16. The summed E-state index contributed by atoms with van der Waals surface area (Å²) in [5.74, 6) is 0.0376. The molecule has 0 saturated carbocycles. The first-order valence-electron chi connectivity index (χ1n) is 8.16. The van der Waals surface area contributed by atoms with Crippen molar-refractivity contribution in [2.24, 2.45) is 0 Å². The predicted molar refractivity (Wildman–Crippen MR) is 104 cm³/mol. The smallest absolute Gasteiger partial charge is 0.271 e. The SMILES string of the molecule is CCN(CCN(C)C)C(=O)c1csc2nc(-c3ccc(Cl)cc3)cn12. The van der Waals surface area contributed by atoms with Crippen LogP contribution in [0.3, 0.4) is 0 Å². The second-order valence-corrected chi connectivity index (χ2v) is 7.37. The van der Waals surface area contributed by atoms with E-state index in [4.69, 9.17) is 11.6 Å². The molecule has 0 N–H and O–H groups in total. The van der Waals surface area contributed by atoms with Crippen LogP contribution >= 0.6 is 22.9 Å². The number of halogens is 1. The van der Waals surface area contributed by atoms with Gasteiger partial charge in [0.15, 0.2) is 4.96 Å². The average molecular weight is 377 g/mol. The second kappa shape index (κ2) is 7.56. The van der Waals surface area contributed by atoms with Crippen molar-refractivity contribution < 1.29 is 4.79 Å². The number of hydrogen-bond acceptors (Lipinski definition) is 4. The zero-order chi connectivity index (χ0) is 18.0. The summed E-state index contributed by atoms with van der Waals surface area (Å²) in [4.78, 5) is 22.3. The van der Waals surface area contributed by atoms with E-state index in [1.165, 1.54) is 11.3 Å². The van der Waals surface area contributed by atoms with E-state index in [2.05, 4.69) is 9.88 Å². The summed E-state index contributed by atoms with van der Waals surface area (Å²) < 4.78 is 1.88. The van der Waals surface area contributed by atoms with Gasteiger partial charge in [-0.25, -0.2) is 4.98 Å². The first-order chi connectivity index (χ1) is 12.0. The van der Waals surface area contributed by atoms with E-state index in [1.54, 1.807) is 0 Å². The highest BCUT2D eigenvalue weighted by Crippen LogP contribution is 2.25. The molecule has 0 aliphatic rings. The lowest BCUT2D eigenvalue weighted by Crippen LogP contribution is -2.37. The van der Waals surface area contributed by atoms with E-state index in [-0.39, 0.29) is 5.91 Å². The molecular weight excluding hydrogens is 356 g/mol. The van der Waals surface area contributed by atoms with Gasteiger partial charge in [0, 0.05) is 41.8 Å². The van der Waals surface area contributed by atoms with Crippen molar-refractivity contribution >= 4 is 33.8 Å². The van der Waals surface area contributed by atoms with E-state index in [0.717, 1.165) is 22.8 Å². The maximum atomic E-state index is 12.9. The molecule has 3 aromatic rings. The molecule has 25 heavy (non-hydrogen) atoms. The Morgan fingerprint density at radius 2 is 1.96 bits per heavy atom. The lowest BCUT2D eigenvalue weighted by atomic mass is 10.2. The molecule has 132 valence electrons. The van der Waals surface area contributed by atoms with E-state index in [1.807, 2.05) is 66.2 Å². The number of hydrogen-bond donors (Lipinski definition) is 0. The molecule has 0 atom stereocenters. The molecule has 1 aromatic carbocycles. The minimum absolute atomic E-state index is 0.0376. The number of carbonyl (C=O) groups is 1. The van der Waals surface area contributed by atoms with E-state index < -0.39 is 0 Å². The lowest BCUT2D eigenvalue weighted by Gasteiger charge is -2.22. The molecule has 2 heterocycles. The standard InChI is InChI=1S/C18H21ClN4OS/c1-4-22(10-9-21(2)3)17(24)16-12-25-18-20-15(11-23(16)18)13-5-7-14(19)8-6-13/h5-8,11-12H,4,9-10H2,1-3H3. The topological polar surface area (TPSA) is 40.8 Å². The Balaban J connectivity index is 1.89. The second-order valence-electron chi connectivity index (χ2n) is 6.09. The molecule has 0 radical (unpaired) electrons. The summed E-state index contributed by atoms with van der Waals surface area (Å²) in [6.45, 7) is 4.23. The Kier molecular flexibility index (Phi) is 5.42. The zero-order valence-corrected chi connectivity index (χ0v) is 16.1. The van der Waals surface area contributed by atoms with Gasteiger partial charge in [-0.1, -0.05) is 23.7 Å². The minimum Gasteiger partial charge on any atom is -0.336 e. The van der Waals surface area contributed by atoms with Gasteiger partial charge in [-0.3, -0.25) is 9.20 Å². The minimum atomic E-state index is 0.0376. The van der Waals surface area contributed by atoms with Crippen LogP contribution in [-0.2, 0) is 0 Å². The molecule has 0 unspecified atom stereocenters. The first-order valence-corrected chi connectivity index (χ1v) is 9.42. The van der Waals surface area contributed by atoms with E-state index in [9.17, 15) is 4.79 Å². The number of benzene rings is 1. The predicted octanol–water partition coefficient (Wildman–Crippen LogP) is 3.74. The molecule has 5 nitrogen and oxygen atoms in total. The van der Waals surface area contributed by atoms with Gasteiger partial charge < -0.3 is 9.80 Å². The zero-order valence-electron chi connectivity index (χ0n) is 14.6. The molecule has 0 aliphatic heterocycles. The number of nitrogens with zero attached hydrogens (tertiary/aromatic N) is 4. The van der Waals surface area contributed by atoms with Crippen LogP contribution in [0.15, 0.2) is 35.8 Å². The third-order valence-electron chi connectivity index (χ3n) is 4.05. The fraction of sp³-hybridized carbons (Fsp3) is 0.333. The Morgan fingerprint density at radius 3 is 2.60 bits per heavy atom. The summed E-state index contributed by atoms with van der Waals surface area (Å²) in [5, 5.41) is 2.58. The third-order valence-corrected chi connectivity index (χ3v) is 5.15. The van der Waals surface area contributed by atoms with Gasteiger partial charge in [0.2, 0.25) is 0 Å². The monoisotopic (exact) mass is 376 g/mol. The molecule has 0 saturated heterocycles. The Labute approximate surface area is 156 Å². The van der Waals surface area contributed by atoms with Crippen molar-refractivity contribution in [3.05, 3.63) is 46.6 Å².